The molecule has 0 aliphatic heterocycles. The molecule has 0 aromatic heterocycles. The molecule has 0 heterocycles. The molecule has 0 amide bonds. The van der Waals surface area contributed by atoms with Gasteiger partial charge in [0.05, 0.1) is 0 Å². The minimum absolute atomic E-state index is 0.0833. The van der Waals surface area contributed by atoms with Crippen LogP contribution in [0.15, 0.2) is 18.2 Å². The molecule has 1 rings (SSSR count). The second-order valence-electron chi connectivity index (χ2n) is 3.28. The summed E-state index contributed by atoms with van der Waals surface area (Å²) >= 11 is 26.8. The van der Waals surface area contributed by atoms with Crippen molar-refractivity contribution in [3.8, 4) is 0 Å². The van der Waals surface area contributed by atoms with Gasteiger partial charge in [-0.3, -0.25) is 0 Å². The molecule has 0 spiro atoms. The summed E-state index contributed by atoms with van der Waals surface area (Å²) < 4.78 is 1.61. The van der Waals surface area contributed by atoms with E-state index >= 15 is 0 Å². The van der Waals surface area contributed by atoms with Gasteiger partial charge in [0.15, 0.2) is 0 Å². The van der Waals surface area contributed by atoms with E-state index < -0.39 is 0 Å². The maximum Gasteiger partial charge on any atom is -0.0708 e. The van der Waals surface area contributed by atoms with E-state index in [0.29, 0.717) is 0 Å². The molecule has 0 saturated carbocycles. The summed E-state index contributed by atoms with van der Waals surface area (Å²) in [6.45, 7) is 4.25. The van der Waals surface area contributed by atoms with Gasteiger partial charge in [-0.25, -0.2) is 0 Å². The molecule has 0 aliphatic carbocycles. The normalized spacial score (nSPS) is 7.48. The Morgan fingerprint density at radius 2 is 1.00 bits per heavy atom. The fraction of sp³-hybridized carbons (Fsp3) is 0.182. The molecular formula is C11H15MoN3S6. The fourth-order valence-corrected chi connectivity index (χ4v) is 1.85. The van der Waals surface area contributed by atoms with E-state index in [2.05, 4.69) is 144 Å². The summed E-state index contributed by atoms with van der Waals surface area (Å²) in [4.78, 5) is 0. The number of rotatable bonds is 0. The van der Waals surface area contributed by atoms with Gasteiger partial charge >= 0.3 is 66.9 Å². The van der Waals surface area contributed by atoms with Gasteiger partial charge in [-0.2, -0.15) is 0 Å². The zero-order chi connectivity index (χ0) is 17.6. The van der Waals surface area contributed by atoms with Crippen LogP contribution in [0, 0.1) is 13.8 Å². The van der Waals surface area contributed by atoms with E-state index in [9.17, 15) is 0 Å². The van der Waals surface area contributed by atoms with E-state index in [1.165, 1.54) is 15.1 Å². The second-order valence-corrected chi connectivity index (χ2v) is 7.85. The first-order valence-corrected chi connectivity index (χ1v) is 8.48. The number of benzene rings is 1. The van der Waals surface area contributed by atoms with Gasteiger partial charge in [-0.15, -0.1) is 0 Å². The minimum Gasteiger partial charge on any atom is -0.415 e. The summed E-state index contributed by atoms with van der Waals surface area (Å²) in [6, 6.07) is 6.57. The monoisotopic (exact) mass is 479 g/mol. The van der Waals surface area contributed by atoms with Gasteiger partial charge in [0.2, 0.25) is 0 Å². The number of hydrogen-bond donors (Lipinski definition) is 3. The third-order valence-corrected chi connectivity index (χ3v) is 1.77. The molecule has 0 fully saturated rings. The van der Waals surface area contributed by atoms with E-state index in [1.807, 2.05) is 0 Å². The number of aryl methyl sites for hydroxylation is 2. The van der Waals surface area contributed by atoms with Crippen LogP contribution in [0.25, 0.3) is 0 Å². The van der Waals surface area contributed by atoms with Crippen molar-refractivity contribution >= 4 is 91.5 Å². The van der Waals surface area contributed by atoms with Crippen LogP contribution >= 0.6 is 36.7 Å². The molecule has 1 aromatic rings. The first kappa shape index (κ1) is 26.2. The summed E-state index contributed by atoms with van der Waals surface area (Å²) in [5.74, 6) is 0. The largest absolute Gasteiger partial charge is 0.415 e. The van der Waals surface area contributed by atoms with Crippen LogP contribution in [-0.4, -0.2) is 13.0 Å². The second kappa shape index (κ2) is 16.6. The van der Waals surface area contributed by atoms with Crippen molar-refractivity contribution in [1.82, 2.24) is 0 Å². The maximum absolute atomic E-state index is 4.66. The van der Waals surface area contributed by atoms with E-state index in [0.717, 1.165) is 0 Å². The molecule has 10 heteroatoms. The van der Waals surface area contributed by atoms with Crippen molar-refractivity contribution in [2.24, 2.45) is 17.2 Å². The molecule has 6 N–H and O–H groups in total. The smallest absolute Gasteiger partial charge is 0.0708 e. The Morgan fingerprint density at radius 3 is 1.14 bits per heavy atom. The molecule has 21 heavy (non-hydrogen) atoms. The topological polar surface area (TPSA) is 78.1 Å². The minimum atomic E-state index is 0.0833. The molecule has 3 nitrogen and oxygen atoms in total. The Labute approximate surface area is 170 Å². The van der Waals surface area contributed by atoms with Crippen LogP contribution in [0.3, 0.4) is 0 Å². The van der Waals surface area contributed by atoms with E-state index in [4.69, 9.17) is 0 Å². The molecule has 1 aromatic carbocycles. The third kappa shape index (κ3) is 44.9. The van der Waals surface area contributed by atoms with E-state index in [-0.39, 0.29) is 13.0 Å². The average molecular weight is 478 g/mol. The molecule has 0 atom stereocenters. The predicted octanol–water partition coefficient (Wildman–Crippen LogP) is 0.806. The Balaban J connectivity index is -0.000000230. The van der Waals surface area contributed by atoms with Crippen molar-refractivity contribution in [3.63, 3.8) is 0 Å². The van der Waals surface area contributed by atoms with E-state index in [1.54, 1.807) is 0 Å². The molecule has 116 valence electrons. The number of nitrogens with two attached hydrogens (primary N) is 3. The van der Waals surface area contributed by atoms with Gasteiger partial charge in [-0.1, -0.05) is 13.0 Å². The SMILES string of the molecule is Cc1cc(C)c[c]([Mo+3])c1.NC(=S)[S-].NC(=S)[S-].NC(=S)[S-]. The van der Waals surface area contributed by atoms with Crippen LogP contribution in [0.2, 0.25) is 0 Å². The third-order valence-electron chi connectivity index (χ3n) is 1.20. The van der Waals surface area contributed by atoms with Crippen LogP contribution in [0.1, 0.15) is 11.1 Å². The molecule has 0 bridgehead atoms. The Kier molecular flexibility index (Phi) is 20.7. The zero-order valence-electron chi connectivity index (χ0n) is 11.3. The first-order valence-electron chi connectivity index (χ1n) is 5.03. The van der Waals surface area contributed by atoms with Crippen LogP contribution in [-0.2, 0) is 57.7 Å². The summed E-state index contributed by atoms with van der Waals surface area (Å²) in [5, 5.41) is 0. The standard InChI is InChI=1S/C8H9.3CH3NS2.Mo/c1-7-4-3-5-8(2)6-7;3*2-1(3)4;/h4-6H,1-2H3;3*(H3,2,3,4);/q;;;;+3/p-3. The fourth-order valence-electron chi connectivity index (χ4n) is 0.933. The average Bonchev–Trinajstić information content (AvgIpc) is 2.10. The van der Waals surface area contributed by atoms with Crippen molar-refractivity contribution in [2.75, 3.05) is 0 Å². The molecule has 0 radical (unpaired) electrons. The Bertz CT molecular complexity index is 376. The van der Waals surface area contributed by atoms with Gasteiger partial charge in [0.1, 0.15) is 0 Å². The van der Waals surface area contributed by atoms with Gasteiger partial charge in [0.25, 0.3) is 0 Å². The zero-order valence-corrected chi connectivity index (χ0v) is 18.2. The Hall–Kier alpha value is 0.238. The molecule has 0 unspecified atom stereocenters. The summed E-state index contributed by atoms with van der Waals surface area (Å²) in [7, 11) is 0. The number of hydrogen-bond acceptors (Lipinski definition) is 6. The van der Waals surface area contributed by atoms with Crippen LogP contribution < -0.4 is 21.2 Å². The van der Waals surface area contributed by atoms with Crippen molar-refractivity contribution in [1.29, 1.82) is 0 Å². The molecular weight excluding hydrogens is 462 g/mol. The first-order chi connectivity index (χ1) is 9.38. The van der Waals surface area contributed by atoms with Crippen molar-refractivity contribution in [2.45, 2.75) is 13.8 Å². The predicted molar refractivity (Wildman–Crippen MR) is 108 cm³/mol. The summed E-state index contributed by atoms with van der Waals surface area (Å²) in [5.41, 5.74) is 16.7. The van der Waals surface area contributed by atoms with Crippen molar-refractivity contribution < 1.29 is 19.8 Å². The van der Waals surface area contributed by atoms with Gasteiger partial charge < -0.3 is 91.7 Å². The Morgan fingerprint density at radius 1 is 0.810 bits per heavy atom. The van der Waals surface area contributed by atoms with Crippen molar-refractivity contribution in [3.05, 3.63) is 29.3 Å². The van der Waals surface area contributed by atoms with Gasteiger partial charge in [0, 0.05) is 0 Å². The quantitative estimate of drug-likeness (QED) is 0.286. The van der Waals surface area contributed by atoms with Crippen LogP contribution in [0.4, 0.5) is 0 Å². The molecule has 0 aliphatic rings. The maximum atomic E-state index is 4.66. The van der Waals surface area contributed by atoms with Gasteiger partial charge in [-0.05, 0) is 0 Å². The summed E-state index contributed by atoms with van der Waals surface area (Å²) in [6.07, 6.45) is 0. The van der Waals surface area contributed by atoms with Crippen LogP contribution in [0.5, 0.6) is 0 Å². The number of thiocarbonyl (C=S) groups is 3. The molecule has 0 saturated heterocycles.